The summed E-state index contributed by atoms with van der Waals surface area (Å²) in [4.78, 5) is 11.7. The van der Waals surface area contributed by atoms with E-state index >= 15 is 0 Å². The number of alkyl carbamates (subject to hydrolysis) is 1. The average molecular weight is 300 g/mol. The molecule has 0 spiro atoms. The number of nitrogens with one attached hydrogen (secondary N) is 2. The highest BCUT2D eigenvalue weighted by Crippen LogP contribution is 2.26. The molecule has 0 aliphatic heterocycles. The van der Waals surface area contributed by atoms with Gasteiger partial charge in [0.05, 0.1) is 6.61 Å². The molecule has 2 unspecified atom stereocenters. The third-order valence-corrected chi connectivity index (χ3v) is 4.00. The first-order chi connectivity index (χ1) is 9.73. The lowest BCUT2D eigenvalue weighted by molar-refractivity contribution is 0.0516. The molecule has 0 heterocycles. The summed E-state index contributed by atoms with van der Waals surface area (Å²) in [7, 11) is 0. The van der Waals surface area contributed by atoms with Gasteiger partial charge in [0.15, 0.2) is 0 Å². The fourth-order valence-electron chi connectivity index (χ4n) is 2.76. The maximum Gasteiger partial charge on any atom is 0.407 e. The number of rotatable bonds is 6. The second kappa shape index (κ2) is 7.99. The quantitative estimate of drug-likeness (QED) is 0.704. The summed E-state index contributed by atoms with van der Waals surface area (Å²) in [5.74, 6) is 0.806. The maximum absolute atomic E-state index is 11.7. The minimum absolute atomic E-state index is 0.122. The summed E-state index contributed by atoms with van der Waals surface area (Å²) in [5.41, 5.74) is -0.461. The monoisotopic (exact) mass is 300 g/mol. The van der Waals surface area contributed by atoms with Crippen LogP contribution in [0.5, 0.6) is 0 Å². The Morgan fingerprint density at radius 3 is 2.52 bits per heavy atom. The second-order valence-electron chi connectivity index (χ2n) is 7.38. The predicted molar refractivity (Wildman–Crippen MR) is 84.2 cm³/mol. The molecule has 0 aromatic heterocycles. The molecule has 0 bridgehead atoms. The van der Waals surface area contributed by atoms with E-state index in [1.165, 1.54) is 0 Å². The van der Waals surface area contributed by atoms with E-state index in [0.717, 1.165) is 19.3 Å². The molecule has 0 aromatic carbocycles. The number of hydrogen-bond acceptors (Lipinski definition) is 4. The number of hydrogen-bond donors (Lipinski definition) is 3. The Labute approximate surface area is 128 Å². The van der Waals surface area contributed by atoms with Gasteiger partial charge >= 0.3 is 6.09 Å². The Morgan fingerprint density at radius 2 is 2.00 bits per heavy atom. The zero-order valence-corrected chi connectivity index (χ0v) is 14.1. The van der Waals surface area contributed by atoms with Crippen LogP contribution in [-0.4, -0.2) is 42.0 Å². The van der Waals surface area contributed by atoms with Gasteiger partial charge in [-0.1, -0.05) is 20.3 Å². The van der Waals surface area contributed by atoms with E-state index in [4.69, 9.17) is 4.74 Å². The molecule has 3 atom stereocenters. The molecule has 5 heteroatoms. The van der Waals surface area contributed by atoms with Crippen LogP contribution in [0.25, 0.3) is 0 Å². The third-order valence-electron chi connectivity index (χ3n) is 4.00. The topological polar surface area (TPSA) is 70.6 Å². The van der Waals surface area contributed by atoms with Crippen LogP contribution < -0.4 is 10.6 Å². The van der Waals surface area contributed by atoms with E-state index < -0.39 is 5.60 Å². The Morgan fingerprint density at radius 1 is 1.33 bits per heavy atom. The molecule has 1 aliphatic rings. The molecule has 1 saturated carbocycles. The van der Waals surface area contributed by atoms with Crippen LogP contribution in [-0.2, 0) is 4.74 Å². The normalized spacial score (nSPS) is 24.1. The van der Waals surface area contributed by atoms with Gasteiger partial charge in [-0.25, -0.2) is 4.79 Å². The summed E-state index contributed by atoms with van der Waals surface area (Å²) < 4.78 is 5.26. The maximum atomic E-state index is 11.7. The van der Waals surface area contributed by atoms with E-state index in [0.29, 0.717) is 24.4 Å². The van der Waals surface area contributed by atoms with Crippen LogP contribution in [0.1, 0.15) is 53.9 Å². The van der Waals surface area contributed by atoms with Gasteiger partial charge in [-0.15, -0.1) is 0 Å². The highest BCUT2D eigenvalue weighted by molar-refractivity contribution is 5.67. The van der Waals surface area contributed by atoms with Crippen molar-refractivity contribution in [2.24, 2.45) is 11.8 Å². The third kappa shape index (κ3) is 6.66. The minimum Gasteiger partial charge on any atom is -0.444 e. The van der Waals surface area contributed by atoms with Crippen LogP contribution >= 0.6 is 0 Å². The Balaban J connectivity index is 2.41. The van der Waals surface area contributed by atoms with Crippen molar-refractivity contribution in [3.05, 3.63) is 0 Å². The van der Waals surface area contributed by atoms with Crippen molar-refractivity contribution in [3.63, 3.8) is 0 Å². The van der Waals surface area contributed by atoms with Crippen LogP contribution in [0.2, 0.25) is 0 Å². The van der Waals surface area contributed by atoms with Crippen molar-refractivity contribution in [2.45, 2.75) is 71.6 Å². The number of aliphatic hydroxyl groups excluding tert-OH is 1. The molecule has 1 amide bonds. The average Bonchev–Trinajstić information content (AvgIpc) is 2.78. The van der Waals surface area contributed by atoms with Gasteiger partial charge in [0.1, 0.15) is 5.60 Å². The van der Waals surface area contributed by atoms with Crippen molar-refractivity contribution >= 4 is 6.09 Å². The second-order valence-corrected chi connectivity index (χ2v) is 7.38. The largest absolute Gasteiger partial charge is 0.444 e. The zero-order chi connectivity index (χ0) is 16.0. The smallest absolute Gasteiger partial charge is 0.407 e. The Bertz CT molecular complexity index is 326. The van der Waals surface area contributed by atoms with Crippen LogP contribution in [0, 0.1) is 11.8 Å². The molecule has 1 aliphatic carbocycles. The van der Waals surface area contributed by atoms with Gasteiger partial charge < -0.3 is 20.5 Å². The van der Waals surface area contributed by atoms with E-state index in [1.807, 2.05) is 20.8 Å². The van der Waals surface area contributed by atoms with E-state index in [2.05, 4.69) is 24.5 Å². The van der Waals surface area contributed by atoms with Crippen molar-refractivity contribution in [1.82, 2.24) is 10.6 Å². The van der Waals surface area contributed by atoms with E-state index in [-0.39, 0.29) is 18.7 Å². The van der Waals surface area contributed by atoms with Gasteiger partial charge in [0, 0.05) is 18.6 Å². The molecular formula is C16H32N2O3. The summed E-state index contributed by atoms with van der Waals surface area (Å²) in [5, 5.41) is 15.8. The number of carbonyl (C=O) groups excluding carboxylic acids is 1. The van der Waals surface area contributed by atoms with E-state index in [1.54, 1.807) is 0 Å². The van der Waals surface area contributed by atoms with E-state index in [9.17, 15) is 9.90 Å². The van der Waals surface area contributed by atoms with Gasteiger partial charge in [0.25, 0.3) is 0 Å². The molecule has 124 valence electrons. The molecule has 1 rings (SSSR count). The first-order valence-electron chi connectivity index (χ1n) is 8.06. The Kier molecular flexibility index (Phi) is 6.94. The molecule has 3 N–H and O–H groups in total. The van der Waals surface area contributed by atoms with Crippen LogP contribution in [0.15, 0.2) is 0 Å². The van der Waals surface area contributed by atoms with Crippen molar-refractivity contribution in [1.29, 1.82) is 0 Å². The van der Waals surface area contributed by atoms with Crippen molar-refractivity contribution < 1.29 is 14.6 Å². The number of aliphatic hydroxyl groups is 1. The zero-order valence-electron chi connectivity index (χ0n) is 14.1. The summed E-state index contributed by atoms with van der Waals surface area (Å²) in [6, 6.07) is 0.483. The van der Waals surface area contributed by atoms with Crippen molar-refractivity contribution in [2.75, 3.05) is 13.2 Å². The number of ether oxygens (including phenoxy) is 1. The van der Waals surface area contributed by atoms with Gasteiger partial charge in [0.2, 0.25) is 0 Å². The highest BCUT2D eigenvalue weighted by Gasteiger charge is 2.30. The lowest BCUT2D eigenvalue weighted by atomic mass is 9.99. The fraction of sp³-hybridized carbons (Fsp3) is 0.938. The molecule has 1 fully saturated rings. The fourth-order valence-corrected chi connectivity index (χ4v) is 2.76. The van der Waals surface area contributed by atoms with Gasteiger partial charge in [-0.05, 0) is 45.4 Å². The molecule has 0 aromatic rings. The SMILES string of the molecule is CC(C)[C@@H](CO)NC1CCCC1CNC(=O)OC(C)(C)C. The van der Waals surface area contributed by atoms with Crippen LogP contribution in [0.4, 0.5) is 4.79 Å². The molecule has 0 saturated heterocycles. The Hall–Kier alpha value is -0.810. The highest BCUT2D eigenvalue weighted by atomic mass is 16.6. The summed E-state index contributed by atoms with van der Waals surface area (Å²) in [6.07, 6.45) is 3.01. The number of amides is 1. The van der Waals surface area contributed by atoms with Gasteiger partial charge in [-0.2, -0.15) is 0 Å². The van der Waals surface area contributed by atoms with Gasteiger partial charge in [-0.3, -0.25) is 0 Å². The molecule has 5 nitrogen and oxygen atoms in total. The predicted octanol–water partition coefficient (Wildman–Crippen LogP) is 2.29. The standard InChI is InChI=1S/C16H32N2O3/c1-11(2)14(10-19)18-13-8-6-7-12(13)9-17-15(20)21-16(3,4)5/h11-14,18-19H,6-10H2,1-5H3,(H,17,20)/t12?,13?,14-/m1/s1. The minimum atomic E-state index is -0.461. The molecule has 21 heavy (non-hydrogen) atoms. The first kappa shape index (κ1) is 18.2. The summed E-state index contributed by atoms with van der Waals surface area (Å²) in [6.45, 7) is 10.6. The van der Waals surface area contributed by atoms with Crippen LogP contribution in [0.3, 0.4) is 0 Å². The summed E-state index contributed by atoms with van der Waals surface area (Å²) >= 11 is 0. The lowest BCUT2D eigenvalue weighted by Gasteiger charge is -2.29. The molecule has 0 radical (unpaired) electrons. The first-order valence-corrected chi connectivity index (χ1v) is 8.06. The van der Waals surface area contributed by atoms with Crippen molar-refractivity contribution in [3.8, 4) is 0 Å². The lowest BCUT2D eigenvalue weighted by Crippen LogP contribution is -2.47. The molecular weight excluding hydrogens is 268 g/mol. The number of carbonyl (C=O) groups is 1.